The van der Waals surface area contributed by atoms with Crippen molar-refractivity contribution in [2.75, 3.05) is 7.11 Å². The molecule has 0 spiro atoms. The zero-order valence-electron chi connectivity index (χ0n) is 29.2. The Morgan fingerprint density at radius 1 is 0.885 bits per heavy atom. The van der Waals surface area contributed by atoms with Gasteiger partial charge in [0, 0.05) is 55.1 Å². The van der Waals surface area contributed by atoms with E-state index in [2.05, 4.69) is 4.90 Å². The lowest BCUT2D eigenvalue weighted by molar-refractivity contribution is -0.262. The van der Waals surface area contributed by atoms with Crippen LogP contribution in [-0.2, 0) is 29.0 Å². The summed E-state index contributed by atoms with van der Waals surface area (Å²) in [4.78, 5) is 30.0. The number of fused-ring (bicyclic) bond motifs is 3. The van der Waals surface area contributed by atoms with Gasteiger partial charge in [0.2, 0.25) is 5.78 Å². The van der Waals surface area contributed by atoms with Gasteiger partial charge in [-0.2, -0.15) is 0 Å². The quantitative estimate of drug-likeness (QED) is 0.136. The lowest BCUT2D eigenvalue weighted by atomic mass is 9.71. The monoisotopic (exact) mass is 709 g/mol. The number of hydrogen-bond acceptors (Lipinski definition) is 11. The van der Waals surface area contributed by atoms with Crippen LogP contribution in [0.5, 0.6) is 17.2 Å². The van der Waals surface area contributed by atoms with Crippen LogP contribution in [0, 0.1) is 0 Å². The number of phenols is 2. The molecule has 0 aromatic heterocycles. The van der Waals surface area contributed by atoms with Crippen LogP contribution >= 0.6 is 0 Å². The van der Waals surface area contributed by atoms with Crippen LogP contribution in [0.1, 0.15) is 86.9 Å². The van der Waals surface area contributed by atoms with E-state index >= 15 is 0 Å². The lowest BCUT2D eigenvalue weighted by Gasteiger charge is -2.46. The number of nitrogens with zero attached hydrogens (tertiary/aromatic N) is 1. The van der Waals surface area contributed by atoms with E-state index in [1.807, 2.05) is 60.7 Å². The first-order valence-electron chi connectivity index (χ1n) is 17.5. The molecule has 5 N–H and O–H groups in total. The summed E-state index contributed by atoms with van der Waals surface area (Å²) in [5.41, 5.74) is -0.555. The fourth-order valence-electron chi connectivity index (χ4n) is 7.97. The van der Waals surface area contributed by atoms with E-state index in [1.54, 1.807) is 13.0 Å². The van der Waals surface area contributed by atoms with E-state index in [0.29, 0.717) is 13.1 Å². The smallest absolute Gasteiger partial charge is 0.202 e. The molecule has 0 saturated carbocycles. The number of methoxy groups -OCH3 is 1. The molecule has 1 heterocycles. The van der Waals surface area contributed by atoms with Gasteiger partial charge >= 0.3 is 0 Å². The first kappa shape index (κ1) is 35.8. The highest BCUT2D eigenvalue weighted by atomic mass is 16.7. The van der Waals surface area contributed by atoms with Crippen molar-refractivity contribution in [1.82, 2.24) is 4.90 Å². The van der Waals surface area contributed by atoms with Gasteiger partial charge in [-0.15, -0.1) is 0 Å². The fourth-order valence-corrected chi connectivity index (χ4v) is 7.97. The minimum atomic E-state index is -1.84. The summed E-state index contributed by atoms with van der Waals surface area (Å²) in [6.07, 6.45) is -5.46. The number of aliphatic hydroxyl groups excluding tert-OH is 2. The maximum Gasteiger partial charge on any atom is 0.202 e. The van der Waals surface area contributed by atoms with Crippen LogP contribution in [0.2, 0.25) is 0 Å². The van der Waals surface area contributed by atoms with Gasteiger partial charge in [0.05, 0.1) is 53.8 Å². The summed E-state index contributed by atoms with van der Waals surface area (Å²) in [7, 11) is 1.37. The third-order valence-electron chi connectivity index (χ3n) is 10.8. The van der Waals surface area contributed by atoms with E-state index in [9.17, 15) is 35.1 Å². The molecular weight excluding hydrogens is 666 g/mol. The number of aliphatic hydroxyl groups is 3. The fraction of sp³-hybridized carbons (Fsp3) is 0.366. The van der Waals surface area contributed by atoms with Crippen molar-refractivity contribution >= 4 is 11.6 Å². The van der Waals surface area contributed by atoms with Crippen molar-refractivity contribution < 1.29 is 49.3 Å². The van der Waals surface area contributed by atoms with Gasteiger partial charge in [-0.3, -0.25) is 14.5 Å². The highest BCUT2D eigenvalue weighted by Gasteiger charge is 2.50. The average Bonchev–Trinajstić information content (AvgIpc) is 3.13. The number of carbonyl (C=O) groups excluding carboxylic acids is 2. The Labute approximate surface area is 301 Å². The van der Waals surface area contributed by atoms with Crippen molar-refractivity contribution in [3.63, 3.8) is 0 Å². The van der Waals surface area contributed by atoms with Gasteiger partial charge in [-0.05, 0) is 31.0 Å². The minimum Gasteiger partial charge on any atom is -0.507 e. The molecule has 1 fully saturated rings. The lowest BCUT2D eigenvalue weighted by Crippen LogP contribution is -2.55. The second kappa shape index (κ2) is 14.1. The molecule has 0 bridgehead atoms. The molecule has 0 radical (unpaired) electrons. The molecule has 1 saturated heterocycles. The van der Waals surface area contributed by atoms with Gasteiger partial charge in [-0.1, -0.05) is 72.8 Å². The first-order valence-corrected chi connectivity index (χ1v) is 17.5. The first-order chi connectivity index (χ1) is 24.9. The molecule has 4 aromatic carbocycles. The number of ketones is 2. The molecular formula is C41H43NO10. The summed E-state index contributed by atoms with van der Waals surface area (Å²) < 4.78 is 18.2. The number of rotatable bonds is 9. The molecule has 11 nitrogen and oxygen atoms in total. The van der Waals surface area contributed by atoms with Gasteiger partial charge in [0.1, 0.15) is 17.2 Å². The van der Waals surface area contributed by atoms with Gasteiger partial charge in [0.15, 0.2) is 12.1 Å². The van der Waals surface area contributed by atoms with Gasteiger partial charge < -0.3 is 39.7 Å². The molecule has 7 rings (SSSR count). The number of benzene rings is 4. The minimum absolute atomic E-state index is 0.00523. The van der Waals surface area contributed by atoms with E-state index < -0.39 is 76.5 Å². The predicted molar refractivity (Wildman–Crippen MR) is 189 cm³/mol. The zero-order chi connectivity index (χ0) is 36.9. The number of carbonyl (C=O) groups is 2. The van der Waals surface area contributed by atoms with Crippen LogP contribution in [0.15, 0.2) is 78.9 Å². The summed E-state index contributed by atoms with van der Waals surface area (Å²) in [6, 6.07) is 23.9. The summed E-state index contributed by atoms with van der Waals surface area (Å²) in [5, 5.41) is 57.7. The number of ether oxygens (including phenoxy) is 3. The van der Waals surface area contributed by atoms with Crippen molar-refractivity contribution in [2.24, 2.45) is 0 Å². The molecule has 7 atom stereocenters. The largest absolute Gasteiger partial charge is 0.507 e. The van der Waals surface area contributed by atoms with E-state index in [4.69, 9.17) is 14.2 Å². The number of aromatic hydroxyl groups is 2. The molecule has 4 aromatic rings. The standard InChI is InChI=1S/C41H43NO10/c1-22-36(44)28(42(20-24-11-6-4-7-12-24)21-25-13-8-5-9-14-25)17-31(51-22)52-30-19-41(49,23(2)43)18-27-33(30)40(48)35-34(38(27)46)37(45)26-15-10-16-29(50-3)32(26)39(35)47/h4-16,22-23,28,30-31,36,43-44,46,48-49H,17-21H2,1-3H3/t22-,23?,28-,30-,31-,36+,41-/m0/s1. The molecule has 3 aliphatic rings. The second-order valence-corrected chi connectivity index (χ2v) is 14.1. The third kappa shape index (κ3) is 6.27. The third-order valence-corrected chi connectivity index (χ3v) is 10.8. The Morgan fingerprint density at radius 3 is 2.10 bits per heavy atom. The van der Waals surface area contributed by atoms with Crippen LogP contribution in [0.25, 0.3) is 0 Å². The van der Waals surface area contributed by atoms with Crippen molar-refractivity contribution in [3.8, 4) is 17.2 Å². The summed E-state index contributed by atoms with van der Waals surface area (Å²) in [6.45, 7) is 4.19. The SMILES string of the molecule is COc1cccc2c1C(=O)c1c(O)c3c(c(O)c1C2=O)C[C@@](O)(C(C)O)C[C@@H]3O[C@H]1C[C@H](N(Cc2ccccc2)Cc2ccccc2)[C@H](O)[C@H](C)O1. The molecule has 11 heteroatoms. The maximum absolute atomic E-state index is 14.0. The van der Waals surface area contributed by atoms with Crippen LogP contribution in [0.3, 0.4) is 0 Å². The Hall–Kier alpha value is -4.62. The van der Waals surface area contributed by atoms with Crippen molar-refractivity contribution in [3.05, 3.63) is 123 Å². The van der Waals surface area contributed by atoms with Crippen LogP contribution in [-0.4, -0.2) is 85.4 Å². The topological polar surface area (TPSA) is 166 Å². The van der Waals surface area contributed by atoms with Crippen LogP contribution in [0.4, 0.5) is 0 Å². The maximum atomic E-state index is 14.0. The molecule has 1 aliphatic heterocycles. The highest BCUT2D eigenvalue weighted by Crippen LogP contribution is 2.53. The highest BCUT2D eigenvalue weighted by molar-refractivity contribution is 6.31. The van der Waals surface area contributed by atoms with Crippen LogP contribution < -0.4 is 4.74 Å². The molecule has 2 aliphatic carbocycles. The zero-order valence-corrected chi connectivity index (χ0v) is 29.2. The molecule has 1 unspecified atom stereocenters. The number of hydrogen-bond donors (Lipinski definition) is 5. The van der Waals surface area contributed by atoms with E-state index in [1.165, 1.54) is 26.2 Å². The average molecular weight is 710 g/mol. The Bertz CT molecular complexity index is 1940. The van der Waals surface area contributed by atoms with Crippen molar-refractivity contribution in [1.29, 1.82) is 0 Å². The normalized spacial score (nSPS) is 26.0. The molecule has 52 heavy (non-hydrogen) atoms. The Kier molecular flexibility index (Phi) is 9.68. The van der Waals surface area contributed by atoms with Gasteiger partial charge in [-0.25, -0.2) is 0 Å². The molecule has 0 amide bonds. The van der Waals surface area contributed by atoms with Crippen molar-refractivity contribution in [2.45, 2.75) is 88.5 Å². The second-order valence-electron chi connectivity index (χ2n) is 14.1. The van der Waals surface area contributed by atoms with E-state index in [-0.39, 0.29) is 47.3 Å². The van der Waals surface area contributed by atoms with E-state index in [0.717, 1.165) is 11.1 Å². The van der Waals surface area contributed by atoms with Gasteiger partial charge in [0.25, 0.3) is 0 Å². The predicted octanol–water partition coefficient (Wildman–Crippen LogP) is 4.56. The number of phenolic OH excluding ortho intramolecular Hbond substituents is 2. The molecule has 272 valence electrons. The Morgan fingerprint density at radius 2 is 1.50 bits per heavy atom. The summed E-state index contributed by atoms with van der Waals surface area (Å²) >= 11 is 0. The Balaban J connectivity index is 1.27. The summed E-state index contributed by atoms with van der Waals surface area (Å²) in [5.74, 6) is -2.41.